The summed E-state index contributed by atoms with van der Waals surface area (Å²) in [7, 11) is 0. The SMILES string of the molecule is CCNC(=NCC1(C)CCCCC1O)NC1CCC(NC(=O)OC(C)(C)C)CC1.I. The monoisotopic (exact) mass is 538 g/mol. The van der Waals surface area contributed by atoms with Gasteiger partial charge in [0, 0.05) is 24.0 Å². The van der Waals surface area contributed by atoms with Gasteiger partial charge in [0.2, 0.25) is 0 Å². The maximum atomic E-state index is 12.0. The lowest BCUT2D eigenvalue weighted by molar-refractivity contribution is 0.00714. The highest BCUT2D eigenvalue weighted by Gasteiger charge is 2.35. The van der Waals surface area contributed by atoms with Crippen LogP contribution in [0.3, 0.4) is 0 Å². The number of hydrogen-bond donors (Lipinski definition) is 4. The summed E-state index contributed by atoms with van der Waals surface area (Å²) in [5.74, 6) is 0.829. The molecule has 0 aromatic carbocycles. The largest absolute Gasteiger partial charge is 0.444 e. The van der Waals surface area contributed by atoms with Crippen LogP contribution in [0.25, 0.3) is 0 Å². The number of aliphatic hydroxyl groups excluding tert-OH is 1. The Balaban J connectivity index is 0.00000450. The topological polar surface area (TPSA) is 95.0 Å². The minimum absolute atomic E-state index is 0. The van der Waals surface area contributed by atoms with Crippen molar-refractivity contribution in [2.75, 3.05) is 13.1 Å². The van der Waals surface area contributed by atoms with Gasteiger partial charge in [0.25, 0.3) is 0 Å². The summed E-state index contributed by atoms with van der Waals surface area (Å²) >= 11 is 0. The van der Waals surface area contributed by atoms with Crippen LogP contribution in [0.15, 0.2) is 4.99 Å². The quantitative estimate of drug-likeness (QED) is 0.242. The third-order valence-electron chi connectivity index (χ3n) is 6.01. The smallest absolute Gasteiger partial charge is 0.407 e. The van der Waals surface area contributed by atoms with Crippen LogP contribution < -0.4 is 16.0 Å². The second kappa shape index (κ2) is 12.3. The van der Waals surface area contributed by atoms with E-state index in [0.717, 1.165) is 57.5 Å². The highest BCUT2D eigenvalue weighted by molar-refractivity contribution is 14.0. The number of carbonyl (C=O) groups is 1. The van der Waals surface area contributed by atoms with Gasteiger partial charge in [-0.05, 0) is 66.2 Å². The Bertz CT molecular complexity index is 559. The third kappa shape index (κ3) is 9.16. The minimum atomic E-state index is -0.470. The molecule has 0 bridgehead atoms. The molecule has 2 saturated carbocycles. The van der Waals surface area contributed by atoms with E-state index in [0.29, 0.717) is 12.6 Å². The number of guanidine groups is 1. The molecule has 2 unspecified atom stereocenters. The molecule has 176 valence electrons. The molecule has 2 fully saturated rings. The van der Waals surface area contributed by atoms with Crippen molar-refractivity contribution in [3.63, 3.8) is 0 Å². The first-order valence-corrected chi connectivity index (χ1v) is 11.3. The maximum absolute atomic E-state index is 12.0. The molecule has 2 aliphatic rings. The molecule has 4 N–H and O–H groups in total. The van der Waals surface area contributed by atoms with Gasteiger partial charge >= 0.3 is 6.09 Å². The molecule has 1 amide bonds. The highest BCUT2D eigenvalue weighted by atomic mass is 127. The van der Waals surface area contributed by atoms with Crippen molar-refractivity contribution < 1.29 is 14.6 Å². The fourth-order valence-electron chi connectivity index (χ4n) is 4.20. The molecular formula is C22H43IN4O3. The summed E-state index contributed by atoms with van der Waals surface area (Å²) in [5.41, 5.74) is -0.599. The number of nitrogens with one attached hydrogen (secondary N) is 3. The molecule has 0 radical (unpaired) electrons. The predicted octanol–water partition coefficient (Wildman–Crippen LogP) is 3.94. The van der Waals surface area contributed by atoms with Crippen molar-refractivity contribution >= 4 is 36.0 Å². The molecule has 0 aliphatic heterocycles. The van der Waals surface area contributed by atoms with E-state index in [9.17, 15) is 9.90 Å². The first-order chi connectivity index (χ1) is 13.6. The maximum Gasteiger partial charge on any atom is 0.407 e. The Kier molecular flexibility index (Phi) is 11.2. The molecule has 2 atom stereocenters. The van der Waals surface area contributed by atoms with E-state index in [-0.39, 0.29) is 47.6 Å². The number of amides is 1. The molecule has 0 heterocycles. The number of aliphatic imine (C=N–C) groups is 1. The van der Waals surface area contributed by atoms with Crippen LogP contribution in [0.1, 0.15) is 86.0 Å². The summed E-state index contributed by atoms with van der Waals surface area (Å²) in [4.78, 5) is 16.8. The van der Waals surface area contributed by atoms with E-state index >= 15 is 0 Å². The number of rotatable bonds is 5. The van der Waals surface area contributed by atoms with Crippen LogP contribution in [-0.2, 0) is 4.74 Å². The fourth-order valence-corrected chi connectivity index (χ4v) is 4.20. The van der Waals surface area contributed by atoms with Crippen LogP contribution in [0.4, 0.5) is 4.79 Å². The zero-order valence-electron chi connectivity index (χ0n) is 19.4. The molecule has 2 aliphatic carbocycles. The summed E-state index contributed by atoms with van der Waals surface area (Å²) < 4.78 is 5.36. The van der Waals surface area contributed by atoms with Crippen LogP contribution >= 0.6 is 24.0 Å². The average Bonchev–Trinajstić information content (AvgIpc) is 2.63. The molecule has 8 heteroatoms. The summed E-state index contributed by atoms with van der Waals surface area (Å²) in [6.07, 6.45) is 7.39. The van der Waals surface area contributed by atoms with Gasteiger partial charge in [-0.15, -0.1) is 24.0 Å². The van der Waals surface area contributed by atoms with Gasteiger partial charge in [-0.3, -0.25) is 4.99 Å². The van der Waals surface area contributed by atoms with Gasteiger partial charge in [0.15, 0.2) is 5.96 Å². The number of alkyl carbamates (subject to hydrolysis) is 1. The van der Waals surface area contributed by atoms with E-state index in [1.54, 1.807) is 0 Å². The average molecular weight is 539 g/mol. The predicted molar refractivity (Wildman–Crippen MR) is 133 cm³/mol. The Labute approximate surface area is 199 Å². The molecule has 0 saturated heterocycles. The Morgan fingerprint density at radius 1 is 1.10 bits per heavy atom. The van der Waals surface area contributed by atoms with Gasteiger partial charge in [-0.25, -0.2) is 4.79 Å². The van der Waals surface area contributed by atoms with Crippen molar-refractivity contribution in [1.29, 1.82) is 0 Å². The molecule has 0 spiro atoms. The highest BCUT2D eigenvalue weighted by Crippen LogP contribution is 2.36. The van der Waals surface area contributed by atoms with E-state index < -0.39 is 5.60 Å². The molecule has 2 rings (SSSR count). The normalized spacial score (nSPS) is 30.1. The number of carbonyl (C=O) groups excluding carboxylic acids is 1. The minimum Gasteiger partial charge on any atom is -0.444 e. The number of halogens is 1. The molecule has 30 heavy (non-hydrogen) atoms. The summed E-state index contributed by atoms with van der Waals surface area (Å²) in [5, 5.41) is 20.3. The van der Waals surface area contributed by atoms with E-state index in [2.05, 4.69) is 29.8 Å². The molecule has 0 aromatic rings. The number of hydrogen-bond acceptors (Lipinski definition) is 4. The second-order valence-electron chi connectivity index (χ2n) is 9.95. The van der Waals surface area contributed by atoms with Crippen LogP contribution in [0.5, 0.6) is 0 Å². The van der Waals surface area contributed by atoms with Gasteiger partial charge in [0.1, 0.15) is 5.60 Å². The lowest BCUT2D eigenvalue weighted by Crippen LogP contribution is -2.48. The Morgan fingerprint density at radius 2 is 1.70 bits per heavy atom. The van der Waals surface area contributed by atoms with Crippen LogP contribution in [0.2, 0.25) is 0 Å². The third-order valence-corrected chi connectivity index (χ3v) is 6.01. The first-order valence-electron chi connectivity index (χ1n) is 11.3. The van der Waals surface area contributed by atoms with Gasteiger partial charge in [-0.2, -0.15) is 0 Å². The number of nitrogens with zero attached hydrogens (tertiary/aromatic N) is 1. The van der Waals surface area contributed by atoms with Gasteiger partial charge < -0.3 is 25.8 Å². The number of aliphatic hydroxyl groups is 1. The Hall–Kier alpha value is -0.770. The zero-order valence-corrected chi connectivity index (χ0v) is 21.8. The van der Waals surface area contributed by atoms with E-state index in [1.165, 1.54) is 6.42 Å². The van der Waals surface area contributed by atoms with Crippen molar-refractivity contribution in [3.8, 4) is 0 Å². The van der Waals surface area contributed by atoms with Crippen LogP contribution in [0, 0.1) is 5.41 Å². The molecule has 7 nitrogen and oxygen atoms in total. The van der Waals surface area contributed by atoms with Crippen LogP contribution in [-0.4, -0.2) is 54.0 Å². The summed E-state index contributed by atoms with van der Waals surface area (Å²) in [6.45, 7) is 11.3. The van der Waals surface area contributed by atoms with Crippen molar-refractivity contribution in [3.05, 3.63) is 0 Å². The van der Waals surface area contributed by atoms with E-state index in [1.807, 2.05) is 20.8 Å². The van der Waals surface area contributed by atoms with Gasteiger partial charge in [0.05, 0.1) is 12.6 Å². The first kappa shape index (κ1) is 27.3. The lowest BCUT2D eigenvalue weighted by Gasteiger charge is -2.37. The lowest BCUT2D eigenvalue weighted by atomic mass is 9.73. The molecule has 0 aromatic heterocycles. The van der Waals surface area contributed by atoms with Crippen molar-refractivity contribution in [2.24, 2.45) is 10.4 Å². The second-order valence-corrected chi connectivity index (χ2v) is 9.95. The zero-order chi connectivity index (χ0) is 21.5. The van der Waals surface area contributed by atoms with Gasteiger partial charge in [-0.1, -0.05) is 19.8 Å². The van der Waals surface area contributed by atoms with Crippen molar-refractivity contribution in [1.82, 2.24) is 16.0 Å². The summed E-state index contributed by atoms with van der Waals surface area (Å²) in [6, 6.07) is 0.507. The molecular weight excluding hydrogens is 495 g/mol. The van der Waals surface area contributed by atoms with Crippen molar-refractivity contribution in [2.45, 2.75) is 110 Å². The van der Waals surface area contributed by atoms with E-state index in [4.69, 9.17) is 9.73 Å². The fraction of sp³-hybridized carbons (Fsp3) is 0.909. The Morgan fingerprint density at radius 3 is 2.23 bits per heavy atom. The standard InChI is InChI=1S/C22H42N4O3.HI/c1-6-23-19(24-15-22(5)14-8-7-9-18(22)27)25-16-10-12-17(13-11-16)26-20(28)29-21(2,3)4;/h16-18,27H,6-15H2,1-5H3,(H,26,28)(H2,23,24,25);1H. The number of ether oxygens (including phenoxy) is 1.